The molecule has 0 radical (unpaired) electrons. The number of nitrogens with zero attached hydrogens (tertiary/aromatic N) is 1. The van der Waals surface area contributed by atoms with Crippen LogP contribution in [0, 0.1) is 5.92 Å². The molecule has 1 amide bonds. The Bertz CT molecular complexity index is 954. The highest BCUT2D eigenvalue weighted by Crippen LogP contribution is 2.27. The molecule has 30 heavy (non-hydrogen) atoms. The third-order valence-electron chi connectivity index (χ3n) is 5.86. The monoisotopic (exact) mass is 428 g/mol. The van der Waals surface area contributed by atoms with Crippen molar-refractivity contribution >= 4 is 21.6 Å². The zero-order chi connectivity index (χ0) is 21.0. The highest BCUT2D eigenvalue weighted by molar-refractivity contribution is 7.89. The molecule has 1 aliphatic carbocycles. The molecule has 4 rings (SSSR count). The summed E-state index contributed by atoms with van der Waals surface area (Å²) in [5.41, 5.74) is 0.696. The lowest BCUT2D eigenvalue weighted by Gasteiger charge is -2.31. The van der Waals surface area contributed by atoms with Gasteiger partial charge in [0.05, 0.1) is 16.9 Å². The standard InChI is InChI=1S/C23H28N2O4S/c26-23(24-19-12-14-21(15-13-19)29-20-8-4-5-9-20)18-7-6-16-25(17-18)30(27,28)22-10-2-1-3-11-22/h1-3,10-15,18,20H,4-9,16-17H2,(H,24,26)/t18-/m1/s1. The summed E-state index contributed by atoms with van der Waals surface area (Å²) in [5.74, 6) is 0.303. The van der Waals surface area contributed by atoms with Gasteiger partial charge >= 0.3 is 0 Å². The van der Waals surface area contributed by atoms with E-state index in [1.54, 1.807) is 30.3 Å². The number of ether oxygens (including phenoxy) is 1. The maximum Gasteiger partial charge on any atom is 0.243 e. The van der Waals surface area contributed by atoms with Crippen molar-refractivity contribution in [1.82, 2.24) is 4.31 Å². The van der Waals surface area contributed by atoms with Gasteiger partial charge in [-0.05, 0) is 74.9 Å². The third kappa shape index (κ3) is 4.84. The van der Waals surface area contributed by atoms with E-state index in [0.29, 0.717) is 31.2 Å². The van der Waals surface area contributed by atoms with Crippen LogP contribution in [-0.4, -0.2) is 37.8 Å². The fourth-order valence-corrected chi connectivity index (χ4v) is 5.72. The Morgan fingerprint density at radius 1 is 0.933 bits per heavy atom. The number of sulfonamides is 1. The van der Waals surface area contributed by atoms with Crippen molar-refractivity contribution in [2.24, 2.45) is 5.92 Å². The first-order valence-electron chi connectivity index (χ1n) is 10.7. The van der Waals surface area contributed by atoms with E-state index in [9.17, 15) is 13.2 Å². The first-order chi connectivity index (χ1) is 14.5. The average Bonchev–Trinajstić information content (AvgIpc) is 3.29. The van der Waals surface area contributed by atoms with Gasteiger partial charge in [0, 0.05) is 18.8 Å². The van der Waals surface area contributed by atoms with E-state index >= 15 is 0 Å². The van der Waals surface area contributed by atoms with E-state index in [0.717, 1.165) is 18.6 Å². The zero-order valence-electron chi connectivity index (χ0n) is 17.0. The van der Waals surface area contributed by atoms with Gasteiger partial charge in [-0.25, -0.2) is 8.42 Å². The van der Waals surface area contributed by atoms with Crippen LogP contribution in [0.2, 0.25) is 0 Å². The number of hydrogen-bond acceptors (Lipinski definition) is 4. The van der Waals surface area contributed by atoms with Crippen LogP contribution in [0.5, 0.6) is 5.75 Å². The van der Waals surface area contributed by atoms with E-state index < -0.39 is 10.0 Å². The molecular weight excluding hydrogens is 400 g/mol. The molecule has 6 nitrogen and oxygen atoms in total. The minimum Gasteiger partial charge on any atom is -0.490 e. The second kappa shape index (κ2) is 9.18. The highest BCUT2D eigenvalue weighted by atomic mass is 32.2. The Morgan fingerprint density at radius 3 is 2.33 bits per heavy atom. The molecule has 2 fully saturated rings. The molecule has 0 spiro atoms. The number of carbonyl (C=O) groups excluding carboxylic acids is 1. The van der Waals surface area contributed by atoms with Crippen LogP contribution in [-0.2, 0) is 14.8 Å². The molecule has 7 heteroatoms. The molecule has 1 atom stereocenters. The molecule has 2 aromatic carbocycles. The van der Waals surface area contributed by atoms with Gasteiger partial charge in [-0.2, -0.15) is 4.31 Å². The summed E-state index contributed by atoms with van der Waals surface area (Å²) >= 11 is 0. The molecular formula is C23H28N2O4S. The van der Waals surface area contributed by atoms with Gasteiger partial charge in [0.2, 0.25) is 15.9 Å². The van der Waals surface area contributed by atoms with Gasteiger partial charge in [-0.15, -0.1) is 0 Å². The molecule has 0 bridgehead atoms. The van der Waals surface area contributed by atoms with Crippen molar-refractivity contribution in [1.29, 1.82) is 0 Å². The van der Waals surface area contributed by atoms with Crippen LogP contribution in [0.4, 0.5) is 5.69 Å². The molecule has 2 aliphatic rings. The quantitative estimate of drug-likeness (QED) is 0.753. The van der Waals surface area contributed by atoms with Gasteiger partial charge in [0.1, 0.15) is 5.75 Å². The summed E-state index contributed by atoms with van der Waals surface area (Å²) in [6, 6.07) is 15.8. The van der Waals surface area contributed by atoms with Crippen molar-refractivity contribution < 1.29 is 17.9 Å². The third-order valence-corrected chi connectivity index (χ3v) is 7.74. The molecule has 1 saturated carbocycles. The Labute approximate surface area is 178 Å². The molecule has 1 N–H and O–H groups in total. The lowest BCUT2D eigenvalue weighted by Crippen LogP contribution is -2.43. The Balaban J connectivity index is 1.36. The Morgan fingerprint density at radius 2 is 1.63 bits per heavy atom. The molecule has 1 aliphatic heterocycles. The van der Waals surface area contributed by atoms with Gasteiger partial charge in [-0.1, -0.05) is 18.2 Å². The number of carbonyl (C=O) groups is 1. The largest absolute Gasteiger partial charge is 0.490 e. The number of anilines is 1. The SMILES string of the molecule is O=C(Nc1ccc(OC2CCCC2)cc1)[C@@H]1CCCN(S(=O)(=O)c2ccccc2)C1. The second-order valence-corrected chi connectivity index (χ2v) is 9.99. The summed E-state index contributed by atoms with van der Waals surface area (Å²) < 4.78 is 33.1. The number of nitrogens with one attached hydrogen (secondary N) is 1. The van der Waals surface area contributed by atoms with Crippen LogP contribution in [0.15, 0.2) is 59.5 Å². The molecule has 1 heterocycles. The summed E-state index contributed by atoms with van der Waals surface area (Å²) in [6.07, 6.45) is 6.28. The molecule has 0 aromatic heterocycles. The predicted molar refractivity (Wildman–Crippen MR) is 116 cm³/mol. The average molecular weight is 429 g/mol. The van der Waals surface area contributed by atoms with Crippen LogP contribution >= 0.6 is 0 Å². The summed E-state index contributed by atoms with van der Waals surface area (Å²) in [5, 5.41) is 2.93. The molecule has 0 unspecified atom stereocenters. The maximum atomic E-state index is 12.9. The predicted octanol–water partition coefficient (Wildman–Crippen LogP) is 4.05. The number of amides is 1. The van der Waals surface area contributed by atoms with Crippen molar-refractivity contribution in [3.63, 3.8) is 0 Å². The van der Waals surface area contributed by atoms with E-state index in [4.69, 9.17) is 4.74 Å². The molecule has 160 valence electrons. The van der Waals surface area contributed by atoms with E-state index in [1.165, 1.54) is 17.1 Å². The number of hydrogen-bond donors (Lipinski definition) is 1. The minimum absolute atomic E-state index is 0.146. The van der Waals surface area contributed by atoms with E-state index in [2.05, 4.69) is 5.32 Å². The highest BCUT2D eigenvalue weighted by Gasteiger charge is 2.33. The van der Waals surface area contributed by atoms with Gasteiger partial charge in [0.15, 0.2) is 0 Å². The van der Waals surface area contributed by atoms with Gasteiger partial charge in [0.25, 0.3) is 0 Å². The molecule has 1 saturated heterocycles. The smallest absolute Gasteiger partial charge is 0.243 e. The topological polar surface area (TPSA) is 75.7 Å². The fourth-order valence-electron chi connectivity index (χ4n) is 4.18. The summed E-state index contributed by atoms with van der Waals surface area (Å²) in [6.45, 7) is 0.639. The van der Waals surface area contributed by atoms with Gasteiger partial charge in [-0.3, -0.25) is 4.79 Å². The van der Waals surface area contributed by atoms with Crippen LogP contribution in [0.3, 0.4) is 0 Å². The summed E-state index contributed by atoms with van der Waals surface area (Å²) in [4.78, 5) is 13.0. The Kier molecular flexibility index (Phi) is 6.39. The van der Waals surface area contributed by atoms with Crippen molar-refractivity contribution in [2.75, 3.05) is 18.4 Å². The van der Waals surface area contributed by atoms with Crippen LogP contribution in [0.25, 0.3) is 0 Å². The number of piperidine rings is 1. The summed E-state index contributed by atoms with van der Waals surface area (Å²) in [7, 11) is -3.58. The van der Waals surface area contributed by atoms with Crippen LogP contribution in [0.1, 0.15) is 38.5 Å². The van der Waals surface area contributed by atoms with E-state index in [1.807, 2.05) is 24.3 Å². The van der Waals surface area contributed by atoms with E-state index in [-0.39, 0.29) is 23.3 Å². The maximum absolute atomic E-state index is 12.9. The van der Waals surface area contributed by atoms with Crippen molar-refractivity contribution in [3.8, 4) is 5.75 Å². The minimum atomic E-state index is -3.58. The van der Waals surface area contributed by atoms with Crippen LogP contribution < -0.4 is 10.1 Å². The Hall–Kier alpha value is -2.38. The van der Waals surface area contributed by atoms with Crippen molar-refractivity contribution in [3.05, 3.63) is 54.6 Å². The zero-order valence-corrected chi connectivity index (χ0v) is 17.8. The fraction of sp³-hybridized carbons (Fsp3) is 0.435. The normalized spacial score (nSPS) is 20.7. The molecule has 2 aromatic rings. The number of rotatable bonds is 6. The first kappa shape index (κ1) is 20.9. The lowest BCUT2D eigenvalue weighted by atomic mass is 9.99. The second-order valence-electron chi connectivity index (χ2n) is 8.05. The van der Waals surface area contributed by atoms with Crippen molar-refractivity contribution in [2.45, 2.75) is 49.5 Å². The lowest BCUT2D eigenvalue weighted by molar-refractivity contribution is -0.120. The first-order valence-corrected chi connectivity index (χ1v) is 12.1. The van der Waals surface area contributed by atoms with Gasteiger partial charge < -0.3 is 10.1 Å². The number of benzene rings is 2.